The second-order valence-corrected chi connectivity index (χ2v) is 7.30. The minimum Gasteiger partial charge on any atom is -0.489 e. The Labute approximate surface area is 164 Å². The zero-order valence-corrected chi connectivity index (χ0v) is 16.2. The molecular formula is C22H25NO5. The van der Waals surface area contributed by atoms with Gasteiger partial charge in [0.15, 0.2) is 0 Å². The fraction of sp³-hybridized carbons (Fsp3) is 0.364. The summed E-state index contributed by atoms with van der Waals surface area (Å²) >= 11 is 0. The molecule has 6 heteroatoms. The fourth-order valence-corrected chi connectivity index (χ4v) is 3.55. The molecule has 2 aromatic rings. The molecule has 0 aromatic heterocycles. The molecule has 1 amide bonds. The van der Waals surface area contributed by atoms with Crippen LogP contribution in [0.5, 0.6) is 5.75 Å². The molecule has 1 saturated heterocycles. The summed E-state index contributed by atoms with van der Waals surface area (Å²) < 4.78 is 10.9. The van der Waals surface area contributed by atoms with Crippen molar-refractivity contribution in [1.29, 1.82) is 0 Å². The van der Waals surface area contributed by atoms with Crippen LogP contribution in [0.25, 0.3) is 0 Å². The van der Waals surface area contributed by atoms with Gasteiger partial charge < -0.3 is 19.5 Å². The van der Waals surface area contributed by atoms with E-state index < -0.39 is 11.4 Å². The Hall–Kier alpha value is -2.86. The maximum atomic E-state index is 12.9. The largest absolute Gasteiger partial charge is 0.489 e. The normalized spacial score (nSPS) is 18.9. The molecule has 1 heterocycles. The number of ether oxygens (including phenoxy) is 2. The van der Waals surface area contributed by atoms with E-state index in [9.17, 15) is 14.7 Å². The maximum Gasteiger partial charge on any atom is 0.313 e. The van der Waals surface area contributed by atoms with Crippen molar-refractivity contribution >= 4 is 11.9 Å². The van der Waals surface area contributed by atoms with Gasteiger partial charge in [0.2, 0.25) is 0 Å². The highest BCUT2D eigenvalue weighted by molar-refractivity contribution is 5.95. The zero-order valence-electron chi connectivity index (χ0n) is 16.2. The number of carbonyl (C=O) groups is 2. The Balaban J connectivity index is 1.68. The Kier molecular flexibility index (Phi) is 5.99. The number of aryl methyl sites for hydroxylation is 1. The average molecular weight is 383 g/mol. The van der Waals surface area contributed by atoms with Crippen molar-refractivity contribution in [2.75, 3.05) is 26.8 Å². The molecule has 6 nitrogen and oxygen atoms in total. The maximum absolute atomic E-state index is 12.9. The van der Waals surface area contributed by atoms with Gasteiger partial charge in [0.25, 0.3) is 5.91 Å². The molecule has 148 valence electrons. The molecule has 0 spiro atoms. The van der Waals surface area contributed by atoms with Crippen LogP contribution in [0, 0.1) is 12.3 Å². The summed E-state index contributed by atoms with van der Waals surface area (Å²) in [6, 6.07) is 15.1. The van der Waals surface area contributed by atoms with Gasteiger partial charge in [0.05, 0.1) is 6.61 Å². The number of benzene rings is 2. The van der Waals surface area contributed by atoms with Crippen molar-refractivity contribution in [2.45, 2.75) is 20.0 Å². The van der Waals surface area contributed by atoms with E-state index in [0.717, 1.165) is 11.1 Å². The minimum atomic E-state index is -1.04. The van der Waals surface area contributed by atoms with Gasteiger partial charge in [-0.1, -0.05) is 35.9 Å². The predicted octanol–water partition coefficient (Wildman–Crippen LogP) is 3.14. The van der Waals surface area contributed by atoms with Gasteiger partial charge in [0.1, 0.15) is 17.8 Å². The number of carbonyl (C=O) groups excluding carboxylic acids is 1. The molecule has 1 fully saturated rings. The number of carboxylic acid groups (broad SMARTS) is 1. The quantitative estimate of drug-likeness (QED) is 0.795. The number of nitrogens with zero attached hydrogens (tertiary/aromatic N) is 1. The first-order chi connectivity index (χ1) is 13.4. The third-order valence-corrected chi connectivity index (χ3v) is 5.08. The monoisotopic (exact) mass is 383 g/mol. The second kappa shape index (κ2) is 8.44. The fourth-order valence-electron chi connectivity index (χ4n) is 3.55. The van der Waals surface area contributed by atoms with Crippen molar-refractivity contribution < 1.29 is 24.2 Å². The molecule has 1 N–H and O–H groups in total. The van der Waals surface area contributed by atoms with Gasteiger partial charge in [-0.3, -0.25) is 9.59 Å². The molecule has 2 aromatic carbocycles. The Morgan fingerprint density at radius 3 is 2.68 bits per heavy atom. The lowest BCUT2D eigenvalue weighted by molar-refractivity contribution is -0.151. The van der Waals surface area contributed by atoms with E-state index in [1.165, 1.54) is 7.11 Å². The van der Waals surface area contributed by atoms with Crippen molar-refractivity contribution in [1.82, 2.24) is 4.90 Å². The third-order valence-electron chi connectivity index (χ3n) is 5.08. The first kappa shape index (κ1) is 19.9. The van der Waals surface area contributed by atoms with Crippen LogP contribution in [-0.4, -0.2) is 48.7 Å². The summed E-state index contributed by atoms with van der Waals surface area (Å²) in [6.45, 7) is 3.07. The van der Waals surface area contributed by atoms with Crippen LogP contribution < -0.4 is 4.74 Å². The average Bonchev–Trinajstić information content (AvgIpc) is 3.12. The van der Waals surface area contributed by atoms with E-state index >= 15 is 0 Å². The number of hydrogen-bond donors (Lipinski definition) is 1. The van der Waals surface area contributed by atoms with Crippen molar-refractivity contribution in [2.24, 2.45) is 5.41 Å². The number of aliphatic carboxylic acids is 1. The van der Waals surface area contributed by atoms with Crippen LogP contribution in [0.3, 0.4) is 0 Å². The summed E-state index contributed by atoms with van der Waals surface area (Å²) in [5.74, 6) is -0.520. The smallest absolute Gasteiger partial charge is 0.313 e. The summed E-state index contributed by atoms with van der Waals surface area (Å²) in [4.78, 5) is 26.1. The van der Waals surface area contributed by atoms with Gasteiger partial charge in [-0.05, 0) is 37.1 Å². The summed E-state index contributed by atoms with van der Waals surface area (Å²) in [5, 5.41) is 9.57. The van der Waals surface area contributed by atoms with Gasteiger partial charge in [-0.15, -0.1) is 0 Å². The lowest BCUT2D eigenvalue weighted by Crippen LogP contribution is -2.40. The summed E-state index contributed by atoms with van der Waals surface area (Å²) in [5.41, 5.74) is 1.67. The summed E-state index contributed by atoms with van der Waals surface area (Å²) in [6.07, 6.45) is 0.380. The molecule has 0 aliphatic carbocycles. The lowest BCUT2D eigenvalue weighted by Gasteiger charge is -2.24. The van der Waals surface area contributed by atoms with E-state index in [1.807, 2.05) is 31.2 Å². The third kappa shape index (κ3) is 4.34. The van der Waals surface area contributed by atoms with Crippen molar-refractivity contribution in [3.8, 4) is 5.75 Å². The number of methoxy groups -OCH3 is 1. The van der Waals surface area contributed by atoms with Gasteiger partial charge >= 0.3 is 5.97 Å². The molecule has 28 heavy (non-hydrogen) atoms. The van der Waals surface area contributed by atoms with E-state index in [2.05, 4.69) is 6.07 Å². The number of hydrogen-bond acceptors (Lipinski definition) is 4. The molecule has 3 rings (SSSR count). The minimum absolute atomic E-state index is 0.0890. The van der Waals surface area contributed by atoms with E-state index in [-0.39, 0.29) is 19.1 Å². The molecule has 0 saturated carbocycles. The summed E-state index contributed by atoms with van der Waals surface area (Å²) in [7, 11) is 1.48. The molecule has 1 aliphatic heterocycles. The van der Waals surface area contributed by atoms with Crippen LogP contribution in [-0.2, 0) is 16.1 Å². The van der Waals surface area contributed by atoms with Gasteiger partial charge in [-0.2, -0.15) is 0 Å². The standard InChI is InChI=1S/C22H25NO5/c1-16-5-3-6-17(11-16)13-28-19-8-4-7-18(12-19)20(24)23-10-9-22(14-23,15-27-2)21(25)26/h3-8,11-12H,9-10,13-15H2,1-2H3,(H,25,26). The van der Waals surface area contributed by atoms with Crippen molar-refractivity contribution in [3.63, 3.8) is 0 Å². The Morgan fingerprint density at radius 2 is 1.96 bits per heavy atom. The highest BCUT2D eigenvalue weighted by Gasteiger charge is 2.46. The van der Waals surface area contributed by atoms with E-state index in [4.69, 9.17) is 9.47 Å². The SMILES string of the molecule is COCC1(C(=O)O)CCN(C(=O)c2cccc(OCc3cccc(C)c3)c2)C1. The van der Waals surface area contributed by atoms with Crippen LogP contribution >= 0.6 is 0 Å². The van der Waals surface area contributed by atoms with Crippen LogP contribution in [0.2, 0.25) is 0 Å². The Bertz CT molecular complexity index is 866. The number of rotatable bonds is 7. The van der Waals surface area contributed by atoms with Crippen LogP contribution in [0.15, 0.2) is 48.5 Å². The molecule has 1 atom stereocenters. The molecular weight excluding hydrogens is 358 g/mol. The predicted molar refractivity (Wildman–Crippen MR) is 104 cm³/mol. The second-order valence-electron chi connectivity index (χ2n) is 7.30. The zero-order chi connectivity index (χ0) is 20.1. The first-order valence-corrected chi connectivity index (χ1v) is 9.23. The topological polar surface area (TPSA) is 76.1 Å². The highest BCUT2D eigenvalue weighted by atomic mass is 16.5. The molecule has 1 unspecified atom stereocenters. The number of amides is 1. The molecule has 0 bridgehead atoms. The number of likely N-dealkylation sites (tertiary alicyclic amines) is 1. The first-order valence-electron chi connectivity index (χ1n) is 9.23. The van der Waals surface area contributed by atoms with Crippen molar-refractivity contribution in [3.05, 3.63) is 65.2 Å². The lowest BCUT2D eigenvalue weighted by atomic mass is 9.88. The van der Waals surface area contributed by atoms with Gasteiger partial charge in [0, 0.05) is 25.8 Å². The van der Waals surface area contributed by atoms with Crippen LogP contribution in [0.1, 0.15) is 27.9 Å². The number of carboxylic acids is 1. The molecule has 0 radical (unpaired) electrons. The van der Waals surface area contributed by atoms with Crippen LogP contribution in [0.4, 0.5) is 0 Å². The molecule has 1 aliphatic rings. The highest BCUT2D eigenvalue weighted by Crippen LogP contribution is 2.32. The van der Waals surface area contributed by atoms with Gasteiger partial charge in [-0.25, -0.2) is 0 Å². The van der Waals surface area contributed by atoms with E-state index in [0.29, 0.717) is 30.9 Å². The van der Waals surface area contributed by atoms with E-state index in [1.54, 1.807) is 23.1 Å². The Morgan fingerprint density at radius 1 is 1.18 bits per heavy atom.